The van der Waals surface area contributed by atoms with E-state index in [-0.39, 0.29) is 0 Å². The Hall–Kier alpha value is -1.25. The summed E-state index contributed by atoms with van der Waals surface area (Å²) in [6.45, 7) is 2.73. The van der Waals surface area contributed by atoms with E-state index in [9.17, 15) is 4.79 Å². The minimum Gasteiger partial charge on any atom is -0.354 e. The van der Waals surface area contributed by atoms with Crippen LogP contribution in [0.25, 0.3) is 0 Å². The van der Waals surface area contributed by atoms with Gasteiger partial charge in [0.15, 0.2) is 0 Å². The van der Waals surface area contributed by atoms with Gasteiger partial charge in [-0.05, 0) is 31.4 Å². The summed E-state index contributed by atoms with van der Waals surface area (Å²) in [5, 5.41) is 0. The molecule has 1 fully saturated rings. The molecule has 2 rings (SSSR count). The molecule has 0 saturated carbocycles. The Morgan fingerprint density at radius 2 is 1.73 bits per heavy atom. The first-order valence-electron chi connectivity index (χ1n) is 5.75. The maximum atomic E-state index is 11.8. The molecule has 1 aromatic heterocycles. The number of hydrogen-bond acceptors (Lipinski definition) is 1. The van der Waals surface area contributed by atoms with Crippen LogP contribution in [0.4, 0.5) is 0 Å². The molecule has 1 aliphatic rings. The molecule has 0 unspecified atom stereocenters. The van der Waals surface area contributed by atoms with Gasteiger partial charge in [-0.25, -0.2) is 0 Å². The van der Waals surface area contributed by atoms with Gasteiger partial charge in [-0.1, -0.05) is 0 Å². The van der Waals surface area contributed by atoms with Crippen molar-refractivity contribution in [2.24, 2.45) is 0 Å². The van der Waals surface area contributed by atoms with Gasteiger partial charge >= 0.3 is 0 Å². The summed E-state index contributed by atoms with van der Waals surface area (Å²) in [7, 11) is 0. The van der Waals surface area contributed by atoms with E-state index in [1.54, 1.807) is 0 Å². The van der Waals surface area contributed by atoms with Crippen LogP contribution in [0.1, 0.15) is 25.7 Å². The summed E-state index contributed by atoms with van der Waals surface area (Å²) in [6, 6.07) is 3.98. The Morgan fingerprint density at radius 3 is 2.40 bits per heavy atom. The number of amides is 1. The van der Waals surface area contributed by atoms with Crippen LogP contribution in [0, 0.1) is 0 Å². The first kappa shape index (κ1) is 10.3. The minimum absolute atomic E-state index is 0.309. The smallest absolute Gasteiger partial charge is 0.224 e. The quantitative estimate of drug-likeness (QED) is 0.741. The zero-order chi connectivity index (χ0) is 10.5. The van der Waals surface area contributed by atoms with E-state index in [1.807, 2.05) is 29.4 Å². The minimum atomic E-state index is 0.309. The Morgan fingerprint density at radius 1 is 1.07 bits per heavy atom. The van der Waals surface area contributed by atoms with Crippen LogP contribution in [-0.4, -0.2) is 28.5 Å². The van der Waals surface area contributed by atoms with E-state index in [0.29, 0.717) is 12.3 Å². The third-order valence-corrected chi connectivity index (χ3v) is 2.96. The van der Waals surface area contributed by atoms with Gasteiger partial charge in [-0.3, -0.25) is 4.79 Å². The van der Waals surface area contributed by atoms with Gasteiger partial charge in [0.2, 0.25) is 5.91 Å². The monoisotopic (exact) mass is 206 g/mol. The number of nitrogens with zero attached hydrogens (tertiary/aromatic N) is 2. The highest BCUT2D eigenvalue weighted by Gasteiger charge is 2.15. The molecule has 0 spiro atoms. The van der Waals surface area contributed by atoms with E-state index in [4.69, 9.17) is 0 Å². The van der Waals surface area contributed by atoms with Crippen molar-refractivity contribution in [2.75, 3.05) is 13.1 Å². The van der Waals surface area contributed by atoms with Gasteiger partial charge in [-0.2, -0.15) is 0 Å². The van der Waals surface area contributed by atoms with Gasteiger partial charge < -0.3 is 9.47 Å². The molecule has 15 heavy (non-hydrogen) atoms. The lowest BCUT2D eigenvalue weighted by molar-refractivity contribution is -0.132. The number of hydrogen-bond donors (Lipinski definition) is 0. The molecule has 1 aliphatic heterocycles. The molecular weight excluding hydrogens is 188 g/mol. The van der Waals surface area contributed by atoms with E-state index in [2.05, 4.69) is 4.57 Å². The summed E-state index contributed by atoms with van der Waals surface area (Å²) in [5.74, 6) is 0.309. The van der Waals surface area contributed by atoms with Crippen LogP contribution in [0.15, 0.2) is 24.5 Å². The zero-order valence-corrected chi connectivity index (χ0v) is 9.06. The van der Waals surface area contributed by atoms with E-state index in [0.717, 1.165) is 19.6 Å². The molecule has 3 nitrogen and oxygen atoms in total. The normalized spacial score (nSPS) is 16.7. The van der Waals surface area contributed by atoms with Crippen molar-refractivity contribution in [3.8, 4) is 0 Å². The SMILES string of the molecule is O=C(CCn1cccc1)N1CCCCC1. The first-order chi connectivity index (χ1) is 7.36. The fourth-order valence-electron chi connectivity index (χ4n) is 2.05. The standard InChI is InChI=1S/C12H18N2O/c15-12(14-9-2-1-3-10-14)6-11-13-7-4-5-8-13/h4-5,7-8H,1-3,6,9-11H2. The van der Waals surface area contributed by atoms with Crippen LogP contribution in [-0.2, 0) is 11.3 Å². The van der Waals surface area contributed by atoms with Crippen molar-refractivity contribution in [3.63, 3.8) is 0 Å². The predicted octanol–water partition coefficient (Wildman–Crippen LogP) is 1.89. The largest absolute Gasteiger partial charge is 0.354 e. The second-order valence-electron chi connectivity index (χ2n) is 4.11. The predicted molar refractivity (Wildman–Crippen MR) is 59.5 cm³/mol. The van der Waals surface area contributed by atoms with Crippen LogP contribution in [0.2, 0.25) is 0 Å². The highest BCUT2D eigenvalue weighted by Crippen LogP contribution is 2.10. The maximum absolute atomic E-state index is 11.8. The van der Waals surface area contributed by atoms with Crippen LogP contribution in [0.3, 0.4) is 0 Å². The van der Waals surface area contributed by atoms with Gasteiger partial charge in [-0.15, -0.1) is 0 Å². The van der Waals surface area contributed by atoms with Gasteiger partial charge in [0.05, 0.1) is 0 Å². The Bertz CT molecular complexity index is 299. The molecule has 0 bridgehead atoms. The lowest BCUT2D eigenvalue weighted by Crippen LogP contribution is -2.35. The second-order valence-corrected chi connectivity index (χ2v) is 4.11. The van der Waals surface area contributed by atoms with Crippen molar-refractivity contribution in [1.82, 2.24) is 9.47 Å². The van der Waals surface area contributed by atoms with Gasteiger partial charge in [0.1, 0.15) is 0 Å². The molecule has 3 heteroatoms. The summed E-state index contributed by atoms with van der Waals surface area (Å²) in [4.78, 5) is 13.8. The van der Waals surface area contributed by atoms with Crippen LogP contribution in [0.5, 0.6) is 0 Å². The fourth-order valence-corrected chi connectivity index (χ4v) is 2.05. The third kappa shape index (κ3) is 2.85. The molecule has 82 valence electrons. The van der Waals surface area contributed by atoms with Crippen molar-refractivity contribution in [3.05, 3.63) is 24.5 Å². The van der Waals surface area contributed by atoms with Crippen LogP contribution < -0.4 is 0 Å². The van der Waals surface area contributed by atoms with Crippen LogP contribution >= 0.6 is 0 Å². The number of aryl methyl sites for hydroxylation is 1. The van der Waals surface area contributed by atoms with E-state index in [1.165, 1.54) is 19.3 Å². The molecule has 1 aromatic rings. The lowest BCUT2D eigenvalue weighted by atomic mass is 10.1. The Balaban J connectivity index is 1.76. The molecule has 0 aliphatic carbocycles. The Kier molecular flexibility index (Phi) is 3.43. The number of rotatable bonds is 3. The summed E-state index contributed by atoms with van der Waals surface area (Å²) < 4.78 is 2.06. The average Bonchev–Trinajstić information content (AvgIpc) is 2.80. The number of carbonyl (C=O) groups is 1. The summed E-state index contributed by atoms with van der Waals surface area (Å²) in [6.07, 6.45) is 8.27. The molecular formula is C12H18N2O. The highest BCUT2D eigenvalue weighted by molar-refractivity contribution is 5.76. The second kappa shape index (κ2) is 5.01. The molecule has 0 N–H and O–H groups in total. The fraction of sp³-hybridized carbons (Fsp3) is 0.583. The van der Waals surface area contributed by atoms with Crippen molar-refractivity contribution in [1.29, 1.82) is 0 Å². The number of aromatic nitrogens is 1. The zero-order valence-electron chi connectivity index (χ0n) is 9.06. The van der Waals surface area contributed by atoms with Crippen molar-refractivity contribution < 1.29 is 4.79 Å². The Labute approximate surface area is 90.7 Å². The van der Waals surface area contributed by atoms with E-state index < -0.39 is 0 Å². The van der Waals surface area contributed by atoms with E-state index >= 15 is 0 Å². The lowest BCUT2D eigenvalue weighted by Gasteiger charge is -2.26. The number of carbonyl (C=O) groups excluding carboxylic acids is 1. The first-order valence-corrected chi connectivity index (χ1v) is 5.75. The third-order valence-electron chi connectivity index (χ3n) is 2.96. The molecule has 2 heterocycles. The highest BCUT2D eigenvalue weighted by atomic mass is 16.2. The average molecular weight is 206 g/mol. The van der Waals surface area contributed by atoms with Crippen molar-refractivity contribution in [2.45, 2.75) is 32.2 Å². The topological polar surface area (TPSA) is 25.2 Å². The summed E-state index contributed by atoms with van der Waals surface area (Å²) >= 11 is 0. The number of likely N-dealkylation sites (tertiary alicyclic amines) is 1. The molecule has 0 radical (unpaired) electrons. The van der Waals surface area contributed by atoms with Gasteiger partial charge in [0, 0.05) is 38.4 Å². The molecule has 0 atom stereocenters. The van der Waals surface area contributed by atoms with Crippen molar-refractivity contribution >= 4 is 5.91 Å². The summed E-state index contributed by atoms with van der Waals surface area (Å²) in [5.41, 5.74) is 0. The van der Waals surface area contributed by atoms with Gasteiger partial charge in [0.25, 0.3) is 0 Å². The molecule has 1 saturated heterocycles. The number of piperidine rings is 1. The molecule has 0 aromatic carbocycles. The maximum Gasteiger partial charge on any atom is 0.224 e. The molecule has 1 amide bonds.